The number of carbonyl (C=O) groups is 2. The van der Waals surface area contributed by atoms with Crippen LogP contribution in [0.15, 0.2) is 66.0 Å². The molecule has 0 spiro atoms. The number of methoxy groups -OCH3 is 1. The number of aromatic nitrogens is 2. The number of esters is 1. The molecule has 2 heterocycles. The molecule has 4 rings (SSSR count). The number of carbonyl (C=O) groups excluding carboxylic acids is 2. The highest BCUT2D eigenvalue weighted by Gasteiger charge is 2.35. The third kappa shape index (κ3) is 4.52. The topological polar surface area (TPSA) is 94.5 Å². The molecule has 0 fully saturated rings. The predicted octanol–water partition coefficient (Wildman–Crippen LogP) is 4.44. The van der Waals surface area contributed by atoms with Crippen LogP contribution in [0.4, 0.5) is 4.79 Å². The molecular weight excluding hydrogens is 432 g/mol. The molecule has 0 bridgehead atoms. The van der Waals surface area contributed by atoms with Crippen molar-refractivity contribution in [2.24, 2.45) is 0 Å². The van der Waals surface area contributed by atoms with E-state index in [-0.39, 0.29) is 0 Å². The van der Waals surface area contributed by atoms with Gasteiger partial charge in [0.25, 0.3) is 0 Å². The molecule has 0 unspecified atom stereocenters. The number of allylic oxidation sites excluding steroid dienone is 1. The predicted molar refractivity (Wildman–Crippen MR) is 129 cm³/mol. The number of amides is 2. The lowest BCUT2D eigenvalue weighted by atomic mass is 9.93. The molecule has 1 aliphatic heterocycles. The highest BCUT2D eigenvalue weighted by molar-refractivity contribution is 5.95. The van der Waals surface area contributed by atoms with Crippen molar-refractivity contribution in [3.63, 3.8) is 0 Å². The Balaban J connectivity index is 1.88. The van der Waals surface area contributed by atoms with Gasteiger partial charge in [0.05, 0.1) is 36.7 Å². The van der Waals surface area contributed by atoms with Gasteiger partial charge in [-0.3, -0.25) is 0 Å². The zero-order valence-corrected chi connectivity index (χ0v) is 19.7. The molecule has 8 nitrogen and oxygen atoms in total. The number of nitrogens with one attached hydrogen (secondary N) is 2. The summed E-state index contributed by atoms with van der Waals surface area (Å²) in [5.41, 5.74) is 4.78. The van der Waals surface area contributed by atoms with Crippen LogP contribution in [0.1, 0.15) is 37.4 Å². The number of para-hydroxylation sites is 1. The Morgan fingerprint density at radius 2 is 1.91 bits per heavy atom. The number of urea groups is 1. The Bertz CT molecular complexity index is 1250. The summed E-state index contributed by atoms with van der Waals surface area (Å²) in [5.74, 6) is 0.295. The van der Waals surface area contributed by atoms with E-state index in [0.29, 0.717) is 29.1 Å². The van der Waals surface area contributed by atoms with E-state index in [9.17, 15) is 9.59 Å². The van der Waals surface area contributed by atoms with Gasteiger partial charge in [-0.2, -0.15) is 5.10 Å². The monoisotopic (exact) mass is 460 g/mol. The Labute approximate surface area is 198 Å². The summed E-state index contributed by atoms with van der Waals surface area (Å²) in [6.45, 7) is 6.37. The molecule has 176 valence electrons. The molecule has 1 atom stereocenters. The lowest BCUT2D eigenvalue weighted by Crippen LogP contribution is -2.45. The summed E-state index contributed by atoms with van der Waals surface area (Å²) in [6, 6.07) is 14.4. The molecule has 0 saturated heterocycles. The summed E-state index contributed by atoms with van der Waals surface area (Å²) in [4.78, 5) is 25.1. The van der Waals surface area contributed by atoms with Crippen molar-refractivity contribution >= 4 is 12.0 Å². The third-order valence-electron chi connectivity index (χ3n) is 5.66. The summed E-state index contributed by atoms with van der Waals surface area (Å²) in [6.07, 6.45) is 2.76. The average molecular weight is 461 g/mol. The van der Waals surface area contributed by atoms with Crippen LogP contribution in [0.2, 0.25) is 0 Å². The Morgan fingerprint density at radius 1 is 1.15 bits per heavy atom. The third-order valence-corrected chi connectivity index (χ3v) is 5.66. The van der Waals surface area contributed by atoms with E-state index < -0.39 is 18.0 Å². The van der Waals surface area contributed by atoms with E-state index in [1.807, 2.05) is 61.7 Å². The van der Waals surface area contributed by atoms with Crippen LogP contribution in [0, 0.1) is 6.92 Å². The van der Waals surface area contributed by atoms with Gasteiger partial charge in [0.1, 0.15) is 5.75 Å². The van der Waals surface area contributed by atoms with Crippen molar-refractivity contribution in [2.75, 3.05) is 13.7 Å². The van der Waals surface area contributed by atoms with E-state index in [0.717, 1.165) is 29.0 Å². The van der Waals surface area contributed by atoms with Crippen LogP contribution in [0.5, 0.6) is 5.75 Å². The number of ether oxygens (including phenoxy) is 2. The molecule has 3 aromatic rings. The maximum absolute atomic E-state index is 12.7. The Morgan fingerprint density at radius 3 is 2.59 bits per heavy atom. The van der Waals surface area contributed by atoms with Crippen molar-refractivity contribution in [1.29, 1.82) is 0 Å². The molecule has 1 aromatic heterocycles. The fourth-order valence-electron chi connectivity index (χ4n) is 4.01. The number of hydrogen-bond donors (Lipinski definition) is 2. The maximum Gasteiger partial charge on any atom is 0.337 e. The second-order valence-electron chi connectivity index (χ2n) is 8.10. The summed E-state index contributed by atoms with van der Waals surface area (Å²) >= 11 is 0. The second kappa shape index (κ2) is 9.82. The van der Waals surface area contributed by atoms with E-state index in [1.54, 1.807) is 11.6 Å². The maximum atomic E-state index is 12.7. The highest BCUT2D eigenvalue weighted by Crippen LogP contribution is 2.36. The number of hydrogen-bond acceptors (Lipinski definition) is 5. The van der Waals surface area contributed by atoms with Gasteiger partial charge in [0.15, 0.2) is 0 Å². The lowest BCUT2D eigenvalue weighted by Gasteiger charge is -2.27. The molecule has 1 aliphatic rings. The summed E-state index contributed by atoms with van der Waals surface area (Å²) in [7, 11) is 1.32. The minimum absolute atomic E-state index is 0.329. The molecule has 34 heavy (non-hydrogen) atoms. The summed E-state index contributed by atoms with van der Waals surface area (Å²) < 4.78 is 12.6. The molecule has 0 aliphatic carbocycles. The molecule has 2 amide bonds. The number of aryl methyl sites for hydroxylation is 1. The van der Waals surface area contributed by atoms with Crippen LogP contribution in [0.25, 0.3) is 16.9 Å². The van der Waals surface area contributed by atoms with E-state index in [1.165, 1.54) is 7.11 Å². The molecule has 8 heteroatoms. The highest BCUT2D eigenvalue weighted by atomic mass is 16.5. The molecule has 2 aromatic carbocycles. The largest absolute Gasteiger partial charge is 0.493 e. The first-order chi connectivity index (χ1) is 16.4. The standard InChI is InChI=1S/C26H28N4O4/c1-5-13-34-21-12-11-18(14-16(21)2)23-20(15-30(29-23)19-9-7-6-8-10-19)24-22(25(31)33-4)17(3)27-26(32)28-24/h6-12,14-15,24H,5,13H2,1-4H3,(H2,27,28,32)/t24-/m1/s1. The van der Waals surface area contributed by atoms with E-state index >= 15 is 0 Å². The van der Waals surface area contributed by atoms with Crippen molar-refractivity contribution in [3.8, 4) is 22.7 Å². The molecular formula is C26H28N4O4. The summed E-state index contributed by atoms with van der Waals surface area (Å²) in [5, 5.41) is 10.4. The van der Waals surface area contributed by atoms with Gasteiger partial charge in [-0.05, 0) is 56.2 Å². The minimum Gasteiger partial charge on any atom is -0.493 e. The van der Waals surface area contributed by atoms with E-state index in [4.69, 9.17) is 14.6 Å². The zero-order chi connectivity index (χ0) is 24.2. The van der Waals surface area contributed by atoms with Crippen molar-refractivity contribution in [1.82, 2.24) is 20.4 Å². The van der Waals surface area contributed by atoms with Crippen molar-refractivity contribution in [2.45, 2.75) is 33.2 Å². The van der Waals surface area contributed by atoms with Gasteiger partial charge in [-0.25, -0.2) is 14.3 Å². The molecule has 0 saturated carbocycles. The van der Waals surface area contributed by atoms with Crippen LogP contribution in [-0.2, 0) is 9.53 Å². The number of nitrogens with zero attached hydrogens (tertiary/aromatic N) is 2. The molecule has 2 N–H and O–H groups in total. The van der Waals surface area contributed by atoms with Gasteiger partial charge in [0, 0.05) is 23.0 Å². The fourth-order valence-corrected chi connectivity index (χ4v) is 4.01. The van der Waals surface area contributed by atoms with Crippen LogP contribution in [-0.4, -0.2) is 35.5 Å². The number of benzene rings is 2. The van der Waals surface area contributed by atoms with Gasteiger partial charge < -0.3 is 20.1 Å². The first kappa shape index (κ1) is 23.1. The Hall–Kier alpha value is -4.07. The first-order valence-corrected chi connectivity index (χ1v) is 11.2. The minimum atomic E-state index is -0.731. The lowest BCUT2D eigenvalue weighted by molar-refractivity contribution is -0.136. The van der Waals surface area contributed by atoms with Gasteiger partial charge in [-0.15, -0.1) is 0 Å². The normalized spacial score (nSPS) is 15.5. The van der Waals surface area contributed by atoms with Crippen molar-refractivity contribution in [3.05, 3.63) is 77.1 Å². The smallest absolute Gasteiger partial charge is 0.337 e. The quantitative estimate of drug-likeness (QED) is 0.509. The van der Waals surface area contributed by atoms with Crippen LogP contribution >= 0.6 is 0 Å². The SMILES string of the molecule is CCCOc1ccc(-c2nn(-c3ccccc3)cc2[C@H]2NC(=O)NC(C)=C2C(=O)OC)cc1C. The average Bonchev–Trinajstić information content (AvgIpc) is 3.28. The Kier molecular flexibility index (Phi) is 6.67. The second-order valence-corrected chi connectivity index (χ2v) is 8.10. The molecule has 0 radical (unpaired) electrons. The number of rotatable bonds is 7. The van der Waals surface area contributed by atoms with Gasteiger partial charge in [0.2, 0.25) is 0 Å². The van der Waals surface area contributed by atoms with Gasteiger partial charge in [-0.1, -0.05) is 25.1 Å². The zero-order valence-electron chi connectivity index (χ0n) is 19.7. The first-order valence-electron chi connectivity index (χ1n) is 11.2. The van der Waals surface area contributed by atoms with Gasteiger partial charge >= 0.3 is 12.0 Å². The van der Waals surface area contributed by atoms with Crippen LogP contribution in [0.3, 0.4) is 0 Å². The fraction of sp³-hybridized carbons (Fsp3) is 0.269. The van der Waals surface area contributed by atoms with E-state index in [2.05, 4.69) is 17.6 Å². The van der Waals surface area contributed by atoms with Crippen molar-refractivity contribution < 1.29 is 19.1 Å². The van der Waals surface area contributed by atoms with Crippen LogP contribution < -0.4 is 15.4 Å².